The summed E-state index contributed by atoms with van der Waals surface area (Å²) < 4.78 is 29.6. The molecule has 2 aromatic rings. The van der Waals surface area contributed by atoms with E-state index in [1.807, 2.05) is 55.1 Å². The molecule has 1 aliphatic carbocycles. The van der Waals surface area contributed by atoms with Crippen LogP contribution in [0.5, 0.6) is 0 Å². The van der Waals surface area contributed by atoms with Crippen molar-refractivity contribution in [1.82, 2.24) is 10.2 Å². The van der Waals surface area contributed by atoms with Crippen LogP contribution in [-0.4, -0.2) is 85.7 Å². The Morgan fingerprint density at radius 3 is 2.51 bits per heavy atom. The van der Waals surface area contributed by atoms with Crippen molar-refractivity contribution < 1.29 is 27.9 Å². The monoisotopic (exact) mass is 630 g/mol. The molecule has 2 aliphatic rings. The Morgan fingerprint density at radius 1 is 1.09 bits per heavy atom. The number of carbonyl (C=O) groups excluding carboxylic acids is 1. The van der Waals surface area contributed by atoms with Crippen LogP contribution in [0.2, 0.25) is 0 Å². The number of benzene rings is 2. The molecular weight excluding hydrogens is 585 g/mol. The zero-order valence-corrected chi connectivity index (χ0v) is 27.2. The standard InChI is InChI=1S/C33H46N2O6S2/c1-23-9-7-8-12-28(23)30-17-25(13-14-29(30)32(36)34-31(33(37)38)15-16-43(3,39)40)19-35-20-27(42-2)18-26(35)22-41-21-24-10-5-4-6-11-24/h7-9,12-14,17,24,26-27,31H,4-6,10-11,15-16,18-22H2,1-3H3,(H,34,36)(H,37,38)/t26-,27+,31+/m1/s1. The molecule has 0 unspecified atom stereocenters. The number of carbonyl (C=O) groups is 2. The van der Waals surface area contributed by atoms with Crippen molar-refractivity contribution in [2.75, 3.05) is 38.0 Å². The highest BCUT2D eigenvalue weighted by atomic mass is 32.2. The van der Waals surface area contributed by atoms with Gasteiger partial charge in [-0.15, -0.1) is 0 Å². The average Bonchev–Trinajstić information content (AvgIpc) is 3.36. The van der Waals surface area contributed by atoms with Crippen LogP contribution in [0.25, 0.3) is 11.1 Å². The number of amides is 1. The first-order chi connectivity index (χ1) is 20.5. The molecule has 2 aromatic carbocycles. The number of aliphatic carboxylic acids is 1. The quantitative estimate of drug-likeness (QED) is 0.294. The van der Waals surface area contributed by atoms with Crippen molar-refractivity contribution in [2.24, 2.45) is 5.92 Å². The molecule has 0 bridgehead atoms. The number of hydrogen-bond donors (Lipinski definition) is 2. The second-order valence-corrected chi connectivity index (χ2v) is 15.6. The number of rotatable bonds is 14. The van der Waals surface area contributed by atoms with Crippen molar-refractivity contribution in [2.45, 2.75) is 75.7 Å². The molecule has 1 saturated heterocycles. The second-order valence-electron chi connectivity index (χ2n) is 12.2. The van der Waals surface area contributed by atoms with Gasteiger partial charge in [-0.2, -0.15) is 11.8 Å². The predicted molar refractivity (Wildman–Crippen MR) is 173 cm³/mol. The maximum Gasteiger partial charge on any atom is 0.326 e. The lowest BCUT2D eigenvalue weighted by Gasteiger charge is -2.27. The lowest BCUT2D eigenvalue weighted by atomic mass is 9.90. The van der Waals surface area contributed by atoms with Gasteiger partial charge in [-0.05, 0) is 79.2 Å². The molecule has 0 spiro atoms. The summed E-state index contributed by atoms with van der Waals surface area (Å²) in [6.45, 7) is 5.25. The summed E-state index contributed by atoms with van der Waals surface area (Å²) in [4.78, 5) is 27.8. The molecule has 10 heteroatoms. The van der Waals surface area contributed by atoms with E-state index in [0.717, 1.165) is 61.2 Å². The topological polar surface area (TPSA) is 113 Å². The van der Waals surface area contributed by atoms with E-state index in [2.05, 4.69) is 16.5 Å². The molecular formula is C33H46N2O6S2. The van der Waals surface area contributed by atoms with Crippen LogP contribution in [0.3, 0.4) is 0 Å². The minimum absolute atomic E-state index is 0.201. The molecule has 4 rings (SSSR count). The SMILES string of the molecule is CS[C@H]1C[C@H](COCC2CCCCC2)N(Cc2ccc(C(=O)N[C@@H](CCS(C)(=O)=O)C(=O)O)c(-c3ccccc3C)c2)C1. The molecule has 1 aliphatic heterocycles. The second kappa shape index (κ2) is 15.5. The minimum Gasteiger partial charge on any atom is -0.480 e. The molecule has 236 valence electrons. The molecule has 0 aromatic heterocycles. The van der Waals surface area contributed by atoms with E-state index >= 15 is 0 Å². The van der Waals surface area contributed by atoms with Crippen molar-refractivity contribution in [3.8, 4) is 11.1 Å². The van der Waals surface area contributed by atoms with Crippen LogP contribution in [0, 0.1) is 12.8 Å². The molecule has 0 radical (unpaired) electrons. The average molecular weight is 631 g/mol. The summed E-state index contributed by atoms with van der Waals surface area (Å²) in [6, 6.07) is 12.6. The summed E-state index contributed by atoms with van der Waals surface area (Å²) in [5.74, 6) is -1.45. The summed E-state index contributed by atoms with van der Waals surface area (Å²) in [5, 5.41) is 12.8. The highest BCUT2D eigenvalue weighted by molar-refractivity contribution is 7.99. The first-order valence-corrected chi connectivity index (χ1v) is 18.6. The van der Waals surface area contributed by atoms with E-state index < -0.39 is 27.8 Å². The van der Waals surface area contributed by atoms with Gasteiger partial charge < -0.3 is 15.2 Å². The smallest absolute Gasteiger partial charge is 0.326 e. The highest BCUT2D eigenvalue weighted by Gasteiger charge is 2.32. The third-order valence-electron chi connectivity index (χ3n) is 8.74. The third kappa shape index (κ3) is 9.80. The van der Waals surface area contributed by atoms with Crippen LogP contribution < -0.4 is 5.32 Å². The van der Waals surface area contributed by atoms with Crippen molar-refractivity contribution >= 4 is 33.5 Å². The summed E-state index contributed by atoms with van der Waals surface area (Å²) >= 11 is 1.90. The molecule has 43 heavy (non-hydrogen) atoms. The van der Waals surface area contributed by atoms with Gasteiger partial charge in [-0.1, -0.05) is 49.6 Å². The van der Waals surface area contributed by atoms with Crippen LogP contribution in [0.1, 0.15) is 66.4 Å². The Hall–Kier alpha value is -2.40. The number of sulfone groups is 1. The molecule has 8 nitrogen and oxygen atoms in total. The van der Waals surface area contributed by atoms with Crippen molar-refractivity contribution in [3.05, 3.63) is 59.2 Å². The number of hydrogen-bond acceptors (Lipinski definition) is 7. The van der Waals surface area contributed by atoms with Gasteiger partial charge in [0.2, 0.25) is 0 Å². The summed E-state index contributed by atoms with van der Waals surface area (Å²) in [5.41, 5.74) is 4.05. The number of thioether (sulfide) groups is 1. The number of carboxylic acid groups (broad SMARTS) is 1. The number of nitrogens with one attached hydrogen (secondary N) is 1. The van der Waals surface area contributed by atoms with E-state index in [-0.39, 0.29) is 12.2 Å². The van der Waals surface area contributed by atoms with Crippen LogP contribution in [0.4, 0.5) is 0 Å². The van der Waals surface area contributed by atoms with Gasteiger partial charge in [-0.3, -0.25) is 9.69 Å². The van der Waals surface area contributed by atoms with Crippen molar-refractivity contribution in [3.63, 3.8) is 0 Å². The summed E-state index contributed by atoms with van der Waals surface area (Å²) in [7, 11) is -3.38. The van der Waals surface area contributed by atoms with Gasteiger partial charge in [0.15, 0.2) is 0 Å². The van der Waals surface area contributed by atoms with Gasteiger partial charge in [-0.25, -0.2) is 13.2 Å². The Bertz CT molecular complexity index is 1360. The lowest BCUT2D eigenvalue weighted by molar-refractivity contribution is -0.139. The fraction of sp³-hybridized carbons (Fsp3) is 0.576. The maximum atomic E-state index is 13.5. The number of ether oxygens (including phenoxy) is 1. The van der Waals surface area contributed by atoms with Crippen LogP contribution in [0.15, 0.2) is 42.5 Å². The van der Waals surface area contributed by atoms with E-state index in [1.54, 1.807) is 6.07 Å². The van der Waals surface area contributed by atoms with E-state index in [4.69, 9.17) is 4.74 Å². The Kier molecular flexibility index (Phi) is 12.1. The van der Waals surface area contributed by atoms with Crippen LogP contribution >= 0.6 is 11.8 Å². The molecule has 3 atom stereocenters. The Labute approximate surface area is 260 Å². The normalized spacial score (nSPS) is 20.6. The Balaban J connectivity index is 1.54. The maximum absolute atomic E-state index is 13.5. The zero-order valence-electron chi connectivity index (χ0n) is 25.6. The fourth-order valence-corrected chi connectivity index (χ4v) is 7.66. The number of nitrogens with zero attached hydrogens (tertiary/aromatic N) is 1. The van der Waals surface area contributed by atoms with Crippen LogP contribution in [-0.2, 0) is 25.9 Å². The summed E-state index contributed by atoms with van der Waals surface area (Å²) in [6.07, 6.45) is 10.6. The molecule has 2 N–H and O–H groups in total. The Morgan fingerprint density at radius 2 is 1.84 bits per heavy atom. The van der Waals surface area contributed by atoms with E-state index in [0.29, 0.717) is 22.8 Å². The first-order valence-electron chi connectivity index (χ1n) is 15.3. The van der Waals surface area contributed by atoms with Gasteiger partial charge in [0.25, 0.3) is 5.91 Å². The molecule has 1 amide bonds. The molecule has 1 saturated carbocycles. The van der Waals surface area contributed by atoms with E-state index in [1.165, 1.54) is 32.1 Å². The number of likely N-dealkylation sites (tertiary alicyclic amines) is 1. The van der Waals surface area contributed by atoms with Gasteiger partial charge >= 0.3 is 5.97 Å². The van der Waals surface area contributed by atoms with Gasteiger partial charge in [0, 0.05) is 42.8 Å². The zero-order chi connectivity index (χ0) is 31.0. The fourth-order valence-electron chi connectivity index (χ4n) is 6.25. The van der Waals surface area contributed by atoms with E-state index in [9.17, 15) is 23.1 Å². The lowest BCUT2D eigenvalue weighted by Crippen LogP contribution is -2.42. The number of aryl methyl sites for hydroxylation is 1. The third-order valence-corrected chi connectivity index (χ3v) is 10.7. The molecule has 1 heterocycles. The minimum atomic E-state index is -3.38. The van der Waals surface area contributed by atoms with Gasteiger partial charge in [0.05, 0.1) is 12.4 Å². The predicted octanol–water partition coefficient (Wildman–Crippen LogP) is 5.18. The van der Waals surface area contributed by atoms with Gasteiger partial charge in [0.1, 0.15) is 15.9 Å². The highest BCUT2D eigenvalue weighted by Crippen LogP contribution is 2.32. The molecule has 2 fully saturated rings. The largest absolute Gasteiger partial charge is 0.480 e. The number of carboxylic acids is 1. The first kappa shape index (κ1) is 33.5. The van der Waals surface area contributed by atoms with Crippen molar-refractivity contribution in [1.29, 1.82) is 0 Å².